The molecule has 2 fully saturated rings. The molecule has 4 rings (SSSR count). The fourth-order valence-corrected chi connectivity index (χ4v) is 5.30. The fraction of sp³-hybridized carbons (Fsp3) is 0.600. The number of nitrogens with zero attached hydrogens (tertiary/aromatic N) is 3. The summed E-state index contributed by atoms with van der Waals surface area (Å²) in [4.78, 5) is 9.88. The fourth-order valence-electron chi connectivity index (χ4n) is 5.03. The Bertz CT molecular complexity index is 922. The number of pyridine rings is 1. The highest BCUT2D eigenvalue weighted by Gasteiger charge is 2.27. The maximum Gasteiger partial charge on any atom is 0.171 e. The van der Waals surface area contributed by atoms with Crippen LogP contribution in [0.15, 0.2) is 24.3 Å². The van der Waals surface area contributed by atoms with E-state index in [2.05, 4.69) is 72.4 Å². The zero-order chi connectivity index (χ0) is 22.0. The molecule has 1 saturated carbocycles. The van der Waals surface area contributed by atoms with Gasteiger partial charge in [0, 0.05) is 43.3 Å². The van der Waals surface area contributed by atoms with E-state index in [4.69, 9.17) is 17.2 Å². The average molecular weight is 440 g/mol. The predicted octanol–water partition coefficient (Wildman–Crippen LogP) is 4.80. The van der Waals surface area contributed by atoms with Crippen molar-refractivity contribution in [3.8, 4) is 0 Å². The molecule has 0 radical (unpaired) electrons. The lowest BCUT2D eigenvalue weighted by atomic mass is 9.78. The van der Waals surface area contributed by atoms with Gasteiger partial charge >= 0.3 is 0 Å². The summed E-state index contributed by atoms with van der Waals surface area (Å²) >= 11 is 5.64. The molecule has 0 bridgehead atoms. The highest BCUT2D eigenvalue weighted by Crippen LogP contribution is 2.30. The van der Waals surface area contributed by atoms with Gasteiger partial charge < -0.3 is 20.4 Å². The minimum Gasteiger partial charge on any atom is -0.359 e. The molecule has 2 aromatic rings. The van der Waals surface area contributed by atoms with E-state index in [1.54, 1.807) is 0 Å². The van der Waals surface area contributed by atoms with Crippen molar-refractivity contribution >= 4 is 39.7 Å². The first-order valence-corrected chi connectivity index (χ1v) is 12.3. The standard InChI is InChI=1S/C25H37N5S/c1-5-29-11-13-30(14-12-29)24-15-18(3)21-16-20(9-10-23(21)27-24)26-25(31)28-22-8-6-7-17(2)19(22)4/h9-10,15-17,19,22H,5-8,11-14H2,1-4H3,(H2,26,28,31)/t17-,19-,22-/m1/s1. The molecule has 2 N–H and O–H groups in total. The van der Waals surface area contributed by atoms with Crippen molar-refractivity contribution in [1.82, 2.24) is 15.2 Å². The Balaban J connectivity index is 1.44. The van der Waals surface area contributed by atoms with Crippen molar-refractivity contribution in [3.05, 3.63) is 29.8 Å². The molecule has 1 saturated heterocycles. The van der Waals surface area contributed by atoms with Crippen LogP contribution in [0.2, 0.25) is 0 Å². The van der Waals surface area contributed by atoms with Crippen molar-refractivity contribution in [2.45, 2.75) is 53.0 Å². The molecule has 31 heavy (non-hydrogen) atoms. The molecule has 0 spiro atoms. The summed E-state index contributed by atoms with van der Waals surface area (Å²) in [5.74, 6) is 2.50. The molecule has 5 nitrogen and oxygen atoms in total. The molecule has 0 unspecified atom stereocenters. The van der Waals surface area contributed by atoms with Gasteiger partial charge in [-0.2, -0.15) is 0 Å². The molecule has 1 aliphatic heterocycles. The van der Waals surface area contributed by atoms with E-state index in [-0.39, 0.29) is 0 Å². The lowest BCUT2D eigenvalue weighted by molar-refractivity contribution is 0.225. The van der Waals surface area contributed by atoms with Crippen LogP contribution in [-0.4, -0.2) is 53.8 Å². The van der Waals surface area contributed by atoms with Gasteiger partial charge in [0.2, 0.25) is 0 Å². The number of piperazine rings is 1. The summed E-state index contributed by atoms with van der Waals surface area (Å²) in [7, 11) is 0. The SMILES string of the molecule is CCN1CCN(c2cc(C)c3cc(NC(=S)N[C@@H]4CCC[C@@H](C)[C@H]4C)ccc3n2)CC1. The third-order valence-electron chi connectivity index (χ3n) is 7.43. The summed E-state index contributed by atoms with van der Waals surface area (Å²) in [5, 5.41) is 8.88. The van der Waals surface area contributed by atoms with Gasteiger partial charge in [-0.3, -0.25) is 0 Å². The molecule has 1 aliphatic carbocycles. The number of likely N-dealkylation sites (N-methyl/N-ethyl adjacent to an activating group) is 1. The van der Waals surface area contributed by atoms with Crippen molar-refractivity contribution in [1.29, 1.82) is 0 Å². The second kappa shape index (κ2) is 9.70. The van der Waals surface area contributed by atoms with E-state index < -0.39 is 0 Å². The number of hydrogen-bond donors (Lipinski definition) is 2. The number of anilines is 2. The van der Waals surface area contributed by atoms with Gasteiger partial charge in [0.25, 0.3) is 0 Å². The molecule has 0 amide bonds. The summed E-state index contributed by atoms with van der Waals surface area (Å²) in [6, 6.07) is 9.08. The lowest BCUT2D eigenvalue weighted by Crippen LogP contribution is -2.46. The van der Waals surface area contributed by atoms with E-state index in [9.17, 15) is 0 Å². The predicted molar refractivity (Wildman–Crippen MR) is 136 cm³/mol. The number of nitrogens with one attached hydrogen (secondary N) is 2. The molecule has 1 aromatic heterocycles. The quantitative estimate of drug-likeness (QED) is 0.668. The third-order valence-corrected chi connectivity index (χ3v) is 7.65. The zero-order valence-electron chi connectivity index (χ0n) is 19.4. The second-order valence-electron chi connectivity index (χ2n) is 9.42. The summed E-state index contributed by atoms with van der Waals surface area (Å²) < 4.78 is 0. The van der Waals surface area contributed by atoms with Crippen molar-refractivity contribution < 1.29 is 0 Å². The van der Waals surface area contributed by atoms with Crippen molar-refractivity contribution in [3.63, 3.8) is 0 Å². The van der Waals surface area contributed by atoms with Gasteiger partial charge in [0.15, 0.2) is 5.11 Å². The van der Waals surface area contributed by atoms with Crippen LogP contribution < -0.4 is 15.5 Å². The Morgan fingerprint density at radius 2 is 1.90 bits per heavy atom. The van der Waals surface area contributed by atoms with Crippen LogP contribution in [-0.2, 0) is 0 Å². The third kappa shape index (κ3) is 5.12. The van der Waals surface area contributed by atoms with Gasteiger partial charge in [-0.25, -0.2) is 4.98 Å². The first-order valence-electron chi connectivity index (χ1n) is 11.9. The van der Waals surface area contributed by atoms with Gasteiger partial charge in [0.1, 0.15) is 5.82 Å². The van der Waals surface area contributed by atoms with Gasteiger partial charge in [-0.05, 0) is 73.8 Å². The number of aromatic nitrogens is 1. The van der Waals surface area contributed by atoms with Crippen LogP contribution in [0.5, 0.6) is 0 Å². The van der Waals surface area contributed by atoms with Crippen LogP contribution in [0.25, 0.3) is 10.9 Å². The van der Waals surface area contributed by atoms with E-state index in [0.717, 1.165) is 60.8 Å². The number of hydrogen-bond acceptors (Lipinski definition) is 4. The smallest absolute Gasteiger partial charge is 0.171 e. The van der Waals surface area contributed by atoms with E-state index >= 15 is 0 Å². The largest absolute Gasteiger partial charge is 0.359 e. The Morgan fingerprint density at radius 3 is 2.65 bits per heavy atom. The number of rotatable bonds is 4. The maximum absolute atomic E-state index is 5.64. The van der Waals surface area contributed by atoms with Crippen LogP contribution in [0.3, 0.4) is 0 Å². The Morgan fingerprint density at radius 1 is 1.13 bits per heavy atom. The molecular weight excluding hydrogens is 402 g/mol. The van der Waals surface area contributed by atoms with Gasteiger partial charge in [0.05, 0.1) is 5.52 Å². The zero-order valence-corrected chi connectivity index (χ0v) is 20.3. The van der Waals surface area contributed by atoms with Gasteiger partial charge in [-0.15, -0.1) is 0 Å². The molecule has 2 heterocycles. The monoisotopic (exact) mass is 439 g/mol. The average Bonchev–Trinajstić information content (AvgIpc) is 2.77. The van der Waals surface area contributed by atoms with Crippen LogP contribution in [0, 0.1) is 18.8 Å². The normalized spacial score (nSPS) is 24.9. The molecule has 3 atom stereocenters. The van der Waals surface area contributed by atoms with Crippen LogP contribution in [0.1, 0.15) is 45.6 Å². The summed E-state index contributed by atoms with van der Waals surface area (Å²) in [6.45, 7) is 14.6. The van der Waals surface area contributed by atoms with E-state index in [0.29, 0.717) is 12.0 Å². The topological polar surface area (TPSA) is 43.4 Å². The van der Waals surface area contributed by atoms with Gasteiger partial charge in [-0.1, -0.05) is 33.6 Å². The Labute approximate surface area is 192 Å². The van der Waals surface area contributed by atoms with Crippen LogP contribution >= 0.6 is 12.2 Å². The summed E-state index contributed by atoms with van der Waals surface area (Å²) in [6.07, 6.45) is 3.80. The Hall–Kier alpha value is -1.92. The van der Waals surface area contributed by atoms with Crippen molar-refractivity contribution in [2.75, 3.05) is 42.9 Å². The van der Waals surface area contributed by atoms with Crippen LogP contribution in [0.4, 0.5) is 11.5 Å². The van der Waals surface area contributed by atoms with Crippen molar-refractivity contribution in [2.24, 2.45) is 11.8 Å². The molecule has 2 aliphatic rings. The second-order valence-corrected chi connectivity index (χ2v) is 9.83. The minimum atomic E-state index is 0.461. The summed E-state index contributed by atoms with van der Waals surface area (Å²) in [5.41, 5.74) is 3.33. The maximum atomic E-state index is 5.64. The van der Waals surface area contributed by atoms with E-state index in [1.807, 2.05) is 0 Å². The van der Waals surface area contributed by atoms with E-state index in [1.165, 1.54) is 30.2 Å². The minimum absolute atomic E-state index is 0.461. The molecule has 6 heteroatoms. The highest BCUT2D eigenvalue weighted by atomic mass is 32.1. The first kappa shape index (κ1) is 22.3. The molecule has 1 aromatic carbocycles. The number of benzene rings is 1. The highest BCUT2D eigenvalue weighted by molar-refractivity contribution is 7.80. The number of fused-ring (bicyclic) bond motifs is 1. The molecule has 168 valence electrons. The lowest BCUT2D eigenvalue weighted by Gasteiger charge is -2.35. The number of aryl methyl sites for hydroxylation is 1. The molecular formula is C25H37N5S. The Kier molecular flexibility index (Phi) is 6.97. The number of thiocarbonyl (C=S) groups is 1. The first-order chi connectivity index (χ1) is 14.9.